The lowest BCUT2D eigenvalue weighted by atomic mass is 9.82. The average Bonchev–Trinajstić information content (AvgIpc) is 2.81. The minimum Gasteiger partial charge on any atom is -0.497 e. The third-order valence-electron chi connectivity index (χ3n) is 5.91. The molecule has 0 radical (unpaired) electrons. The first-order valence-corrected chi connectivity index (χ1v) is 10.4. The molecule has 1 atom stereocenters. The normalized spacial score (nSPS) is 17.7. The Kier molecular flexibility index (Phi) is 5.76. The Hall–Kier alpha value is -3.60. The lowest BCUT2D eigenvalue weighted by Gasteiger charge is -2.44. The Morgan fingerprint density at radius 2 is 1.65 bits per heavy atom. The molecule has 0 bridgehead atoms. The van der Waals surface area contributed by atoms with Crippen molar-refractivity contribution in [3.63, 3.8) is 0 Å². The fourth-order valence-electron chi connectivity index (χ4n) is 4.05. The number of nitrogens with zero attached hydrogens (tertiary/aromatic N) is 1. The van der Waals surface area contributed by atoms with Crippen LogP contribution in [-0.2, 0) is 24.3 Å². The predicted molar refractivity (Wildman–Crippen MR) is 120 cm³/mol. The van der Waals surface area contributed by atoms with Crippen LogP contribution in [0.5, 0.6) is 5.75 Å². The summed E-state index contributed by atoms with van der Waals surface area (Å²) >= 11 is 0. The van der Waals surface area contributed by atoms with Gasteiger partial charge in [-0.1, -0.05) is 60.7 Å². The molecule has 2 amide bonds. The van der Waals surface area contributed by atoms with Gasteiger partial charge in [-0.2, -0.15) is 0 Å². The van der Waals surface area contributed by atoms with Crippen LogP contribution in [0.25, 0.3) is 0 Å². The zero-order valence-corrected chi connectivity index (χ0v) is 17.8. The molecule has 0 fully saturated rings. The van der Waals surface area contributed by atoms with Crippen LogP contribution in [0, 0.1) is 0 Å². The van der Waals surface area contributed by atoms with Crippen LogP contribution in [0.3, 0.4) is 0 Å². The molecule has 0 spiro atoms. The molecular weight excluding hydrogens is 388 g/mol. The molecule has 3 aromatic carbocycles. The van der Waals surface area contributed by atoms with Crippen molar-refractivity contribution >= 4 is 11.8 Å². The molecule has 0 unspecified atom stereocenters. The summed E-state index contributed by atoms with van der Waals surface area (Å²) in [5.41, 5.74) is 2.51. The molecule has 0 aromatic heterocycles. The summed E-state index contributed by atoms with van der Waals surface area (Å²) in [6.07, 6.45) is 0.464. The zero-order chi connectivity index (χ0) is 21.8. The third-order valence-corrected chi connectivity index (χ3v) is 5.91. The first-order valence-electron chi connectivity index (χ1n) is 10.4. The summed E-state index contributed by atoms with van der Waals surface area (Å²) in [6.45, 7) is 2.61. The van der Waals surface area contributed by atoms with E-state index in [1.807, 2.05) is 85.8 Å². The first kappa shape index (κ1) is 20.7. The molecule has 3 aromatic rings. The van der Waals surface area contributed by atoms with Gasteiger partial charge in [-0.3, -0.25) is 9.59 Å². The van der Waals surface area contributed by atoms with Gasteiger partial charge < -0.3 is 15.0 Å². The van der Waals surface area contributed by atoms with E-state index in [0.717, 1.165) is 22.4 Å². The zero-order valence-electron chi connectivity index (χ0n) is 17.8. The lowest BCUT2D eigenvalue weighted by Crippen LogP contribution is -2.62. The average molecular weight is 415 g/mol. The number of fused-ring (bicyclic) bond motifs is 1. The molecule has 1 heterocycles. The van der Waals surface area contributed by atoms with Gasteiger partial charge in [0.05, 0.1) is 7.11 Å². The number of ether oxygens (including phenoxy) is 1. The van der Waals surface area contributed by atoms with Crippen molar-refractivity contribution < 1.29 is 14.3 Å². The molecule has 4 rings (SSSR count). The second kappa shape index (κ2) is 8.64. The fourth-order valence-corrected chi connectivity index (χ4v) is 4.05. The highest BCUT2D eigenvalue weighted by molar-refractivity contribution is 6.02. The van der Waals surface area contributed by atoms with E-state index in [2.05, 4.69) is 5.32 Å². The maximum absolute atomic E-state index is 13.5. The minimum absolute atomic E-state index is 0.130. The van der Waals surface area contributed by atoms with Crippen molar-refractivity contribution in [3.05, 3.63) is 101 Å². The number of carbonyl (C=O) groups excluding carboxylic acids is 2. The van der Waals surface area contributed by atoms with E-state index in [9.17, 15) is 9.59 Å². The number of nitrogens with one attached hydrogen (secondary N) is 1. The number of benzene rings is 3. The molecular formula is C26H26N2O3. The number of amides is 2. The topological polar surface area (TPSA) is 58.6 Å². The van der Waals surface area contributed by atoms with Crippen LogP contribution >= 0.6 is 0 Å². The van der Waals surface area contributed by atoms with E-state index < -0.39 is 5.54 Å². The summed E-state index contributed by atoms with van der Waals surface area (Å²) in [4.78, 5) is 28.6. The Balaban J connectivity index is 1.64. The Morgan fingerprint density at radius 1 is 0.968 bits per heavy atom. The number of hydrogen-bond donors (Lipinski definition) is 1. The number of methoxy groups -OCH3 is 1. The maximum atomic E-state index is 13.5. The maximum Gasteiger partial charge on any atom is 0.255 e. The van der Waals surface area contributed by atoms with Crippen molar-refractivity contribution in [2.75, 3.05) is 7.11 Å². The number of rotatable bonds is 6. The highest BCUT2D eigenvalue weighted by Gasteiger charge is 2.46. The van der Waals surface area contributed by atoms with Crippen LogP contribution in [0.15, 0.2) is 78.9 Å². The van der Waals surface area contributed by atoms with Crippen molar-refractivity contribution in [1.82, 2.24) is 10.2 Å². The van der Waals surface area contributed by atoms with Crippen LogP contribution in [0.1, 0.15) is 34.0 Å². The van der Waals surface area contributed by atoms with E-state index in [1.54, 1.807) is 12.0 Å². The molecule has 5 nitrogen and oxygen atoms in total. The van der Waals surface area contributed by atoms with Gasteiger partial charge in [-0.05, 0) is 41.8 Å². The SMILES string of the molecule is COc1ccc(CN2C(=O)c3ccccc3C[C@@]2(C)C(=O)NCc2ccccc2)cc1. The van der Waals surface area contributed by atoms with Gasteiger partial charge in [-0.15, -0.1) is 0 Å². The molecule has 158 valence electrons. The van der Waals surface area contributed by atoms with Crippen LogP contribution in [-0.4, -0.2) is 29.4 Å². The van der Waals surface area contributed by atoms with E-state index in [0.29, 0.717) is 25.1 Å². The third kappa shape index (κ3) is 4.17. The highest BCUT2D eigenvalue weighted by Crippen LogP contribution is 2.33. The molecule has 1 N–H and O–H groups in total. The Morgan fingerprint density at radius 3 is 2.35 bits per heavy atom. The predicted octanol–water partition coefficient (Wildman–Crippen LogP) is 3.97. The Labute approximate surface area is 182 Å². The quantitative estimate of drug-likeness (QED) is 0.664. The molecule has 5 heteroatoms. The standard InChI is InChI=1S/C26H26N2O3/c1-26(25(30)27-17-19-8-4-3-5-9-19)16-21-10-6-7-11-23(21)24(29)28(26)18-20-12-14-22(31-2)15-13-20/h3-15H,16-18H2,1-2H3,(H,27,30)/t26-/m0/s1. The smallest absolute Gasteiger partial charge is 0.255 e. The summed E-state index contributed by atoms with van der Waals surface area (Å²) < 4.78 is 5.24. The summed E-state index contributed by atoms with van der Waals surface area (Å²) in [5.74, 6) is 0.463. The second-order valence-corrected chi connectivity index (χ2v) is 8.02. The monoisotopic (exact) mass is 414 g/mol. The molecule has 31 heavy (non-hydrogen) atoms. The van der Waals surface area contributed by atoms with Crippen LogP contribution < -0.4 is 10.1 Å². The first-order chi connectivity index (χ1) is 15.0. The van der Waals surface area contributed by atoms with Gasteiger partial charge in [0.1, 0.15) is 11.3 Å². The summed E-state index contributed by atoms with van der Waals surface area (Å²) in [7, 11) is 1.62. The Bertz CT molecular complexity index is 1080. The highest BCUT2D eigenvalue weighted by atomic mass is 16.5. The summed E-state index contributed by atoms with van der Waals surface area (Å²) in [5, 5.41) is 3.04. The summed E-state index contributed by atoms with van der Waals surface area (Å²) in [6, 6.07) is 24.9. The molecule has 1 aliphatic rings. The van der Waals surface area contributed by atoms with Crippen molar-refractivity contribution in [3.8, 4) is 5.75 Å². The molecule has 0 saturated carbocycles. The van der Waals surface area contributed by atoms with Crippen molar-refractivity contribution in [2.45, 2.75) is 32.0 Å². The van der Waals surface area contributed by atoms with E-state index >= 15 is 0 Å². The van der Waals surface area contributed by atoms with E-state index in [-0.39, 0.29) is 11.8 Å². The van der Waals surface area contributed by atoms with Gasteiger partial charge in [0.25, 0.3) is 5.91 Å². The largest absolute Gasteiger partial charge is 0.497 e. The van der Waals surface area contributed by atoms with Gasteiger partial charge in [-0.25, -0.2) is 0 Å². The fraction of sp³-hybridized carbons (Fsp3) is 0.231. The van der Waals surface area contributed by atoms with Crippen molar-refractivity contribution in [1.29, 1.82) is 0 Å². The number of hydrogen-bond acceptors (Lipinski definition) is 3. The van der Waals surface area contributed by atoms with Gasteiger partial charge in [0, 0.05) is 25.1 Å². The second-order valence-electron chi connectivity index (χ2n) is 8.02. The van der Waals surface area contributed by atoms with Gasteiger partial charge >= 0.3 is 0 Å². The molecule has 0 aliphatic carbocycles. The van der Waals surface area contributed by atoms with Crippen LogP contribution in [0.4, 0.5) is 0 Å². The van der Waals surface area contributed by atoms with E-state index in [1.165, 1.54) is 0 Å². The lowest BCUT2D eigenvalue weighted by molar-refractivity contribution is -0.132. The van der Waals surface area contributed by atoms with Gasteiger partial charge in [0.15, 0.2) is 0 Å². The number of carbonyl (C=O) groups is 2. The van der Waals surface area contributed by atoms with Crippen molar-refractivity contribution in [2.24, 2.45) is 0 Å². The minimum atomic E-state index is -1.000. The van der Waals surface area contributed by atoms with E-state index in [4.69, 9.17) is 4.74 Å². The van der Waals surface area contributed by atoms with Gasteiger partial charge in [0.2, 0.25) is 5.91 Å². The van der Waals surface area contributed by atoms with Crippen LogP contribution in [0.2, 0.25) is 0 Å². The molecule has 0 saturated heterocycles. The molecule has 1 aliphatic heterocycles.